The highest BCUT2D eigenvalue weighted by Gasteiger charge is 2.17. The predicted octanol–water partition coefficient (Wildman–Crippen LogP) is 1.28. The van der Waals surface area contributed by atoms with E-state index in [0.717, 1.165) is 5.75 Å². The van der Waals surface area contributed by atoms with Gasteiger partial charge in [-0.15, -0.1) is 0 Å². The number of hydrogen-bond donors (Lipinski definition) is 2. The van der Waals surface area contributed by atoms with Gasteiger partial charge in [-0.1, -0.05) is 11.6 Å². The van der Waals surface area contributed by atoms with Crippen molar-refractivity contribution >= 4 is 23.6 Å². The summed E-state index contributed by atoms with van der Waals surface area (Å²) in [6.07, 6.45) is 2.03. The Balaban J connectivity index is 3.92. The van der Waals surface area contributed by atoms with E-state index in [0.29, 0.717) is 5.75 Å². The van der Waals surface area contributed by atoms with E-state index in [2.05, 4.69) is 5.32 Å². The molecule has 4 nitrogen and oxygen atoms in total. The summed E-state index contributed by atoms with van der Waals surface area (Å²) in [6, 6.07) is -0.793. The van der Waals surface area contributed by atoms with Gasteiger partial charge in [-0.05, 0) is 13.8 Å². The molecule has 0 saturated heterocycles. The fourth-order valence-electron chi connectivity index (χ4n) is 0.832. The summed E-state index contributed by atoms with van der Waals surface area (Å²) in [7, 11) is 0. The van der Waals surface area contributed by atoms with Crippen molar-refractivity contribution in [3.63, 3.8) is 0 Å². The Morgan fingerprint density at radius 3 is 2.40 bits per heavy atom. The zero-order chi connectivity index (χ0) is 11.8. The average Bonchev–Trinajstić information content (AvgIpc) is 2.08. The van der Waals surface area contributed by atoms with Gasteiger partial charge in [0.25, 0.3) is 0 Å². The molecule has 0 saturated carbocycles. The van der Waals surface area contributed by atoms with Crippen LogP contribution in [0.3, 0.4) is 0 Å². The van der Waals surface area contributed by atoms with Crippen molar-refractivity contribution < 1.29 is 14.7 Å². The Hall–Kier alpha value is -0.970. The second kappa shape index (κ2) is 7.34. The minimum Gasteiger partial charge on any atom is -0.480 e. The van der Waals surface area contributed by atoms with E-state index in [4.69, 9.17) is 5.11 Å². The first-order valence-corrected chi connectivity index (χ1v) is 5.80. The molecular weight excluding hydrogens is 214 g/mol. The molecule has 15 heavy (non-hydrogen) atoms. The van der Waals surface area contributed by atoms with Crippen LogP contribution in [0.2, 0.25) is 0 Å². The third-order valence-electron chi connectivity index (χ3n) is 1.57. The zero-order valence-electron chi connectivity index (χ0n) is 9.24. The average molecular weight is 231 g/mol. The van der Waals surface area contributed by atoms with Crippen molar-refractivity contribution in [2.24, 2.45) is 0 Å². The SMILES string of the molecule is CC(=O)N[C@@H](CSCC=C(C)C)C(=O)O. The highest BCUT2D eigenvalue weighted by molar-refractivity contribution is 7.99. The molecule has 0 rings (SSSR count). The predicted molar refractivity (Wildman–Crippen MR) is 62.0 cm³/mol. The number of thioether (sulfide) groups is 1. The molecule has 0 heterocycles. The fraction of sp³-hybridized carbons (Fsp3) is 0.600. The van der Waals surface area contributed by atoms with E-state index >= 15 is 0 Å². The molecule has 2 N–H and O–H groups in total. The number of rotatable bonds is 6. The van der Waals surface area contributed by atoms with Crippen LogP contribution in [0, 0.1) is 0 Å². The third kappa shape index (κ3) is 8.05. The molecule has 1 amide bonds. The molecule has 0 fully saturated rings. The molecule has 0 unspecified atom stereocenters. The van der Waals surface area contributed by atoms with Gasteiger partial charge >= 0.3 is 5.97 Å². The van der Waals surface area contributed by atoms with E-state index < -0.39 is 12.0 Å². The zero-order valence-corrected chi connectivity index (χ0v) is 10.1. The maximum atomic E-state index is 10.7. The summed E-state index contributed by atoms with van der Waals surface area (Å²) < 4.78 is 0. The van der Waals surface area contributed by atoms with Crippen molar-refractivity contribution in [1.82, 2.24) is 5.32 Å². The molecule has 0 aliphatic rings. The minimum atomic E-state index is -0.991. The van der Waals surface area contributed by atoms with Gasteiger partial charge in [-0.25, -0.2) is 4.79 Å². The number of carbonyl (C=O) groups excluding carboxylic acids is 1. The van der Waals surface area contributed by atoms with Gasteiger partial charge in [-0.3, -0.25) is 4.79 Å². The lowest BCUT2D eigenvalue weighted by Gasteiger charge is -2.11. The number of aliphatic carboxylic acids is 1. The minimum absolute atomic E-state index is 0.315. The van der Waals surface area contributed by atoms with Crippen LogP contribution in [0.1, 0.15) is 20.8 Å². The Bertz CT molecular complexity index is 259. The lowest BCUT2D eigenvalue weighted by molar-refractivity contribution is -0.140. The lowest BCUT2D eigenvalue weighted by Crippen LogP contribution is -2.41. The fourth-order valence-corrected chi connectivity index (χ4v) is 1.88. The van der Waals surface area contributed by atoms with E-state index in [1.165, 1.54) is 24.3 Å². The second-order valence-corrected chi connectivity index (χ2v) is 4.49. The molecule has 0 aromatic heterocycles. The monoisotopic (exact) mass is 231 g/mol. The van der Waals surface area contributed by atoms with E-state index in [1.54, 1.807) is 0 Å². The van der Waals surface area contributed by atoms with E-state index in [1.807, 2.05) is 19.9 Å². The van der Waals surface area contributed by atoms with Gasteiger partial charge in [0.2, 0.25) is 5.91 Å². The maximum absolute atomic E-state index is 10.7. The summed E-state index contributed by atoms with van der Waals surface area (Å²) >= 11 is 1.49. The van der Waals surface area contributed by atoms with Gasteiger partial charge in [0, 0.05) is 18.4 Å². The van der Waals surface area contributed by atoms with Crippen LogP contribution in [0.15, 0.2) is 11.6 Å². The number of carbonyl (C=O) groups is 2. The third-order valence-corrected chi connectivity index (χ3v) is 2.54. The largest absolute Gasteiger partial charge is 0.480 e. The topological polar surface area (TPSA) is 66.4 Å². The normalized spacial score (nSPS) is 11.7. The molecule has 5 heteroatoms. The first-order valence-electron chi connectivity index (χ1n) is 4.64. The number of hydrogen-bond acceptors (Lipinski definition) is 3. The van der Waals surface area contributed by atoms with Crippen molar-refractivity contribution in [3.8, 4) is 0 Å². The molecule has 0 spiro atoms. The van der Waals surface area contributed by atoms with Crippen molar-refractivity contribution in [2.75, 3.05) is 11.5 Å². The molecule has 86 valence electrons. The molecule has 0 radical (unpaired) electrons. The van der Waals surface area contributed by atoms with Crippen LogP contribution in [-0.2, 0) is 9.59 Å². The number of nitrogens with one attached hydrogen (secondary N) is 1. The van der Waals surface area contributed by atoms with E-state index in [9.17, 15) is 9.59 Å². The molecule has 0 bridgehead atoms. The summed E-state index contributed by atoms with van der Waals surface area (Å²) in [5.41, 5.74) is 1.20. The second-order valence-electron chi connectivity index (χ2n) is 3.41. The van der Waals surface area contributed by atoms with Gasteiger partial charge in [0.05, 0.1) is 0 Å². The Kier molecular flexibility index (Phi) is 6.86. The van der Waals surface area contributed by atoms with E-state index in [-0.39, 0.29) is 5.91 Å². The number of carboxylic acids is 1. The maximum Gasteiger partial charge on any atom is 0.327 e. The molecule has 0 aromatic carbocycles. The number of allylic oxidation sites excluding steroid dienone is 1. The Labute approximate surface area is 94.1 Å². The van der Waals surface area contributed by atoms with Crippen LogP contribution in [0.25, 0.3) is 0 Å². The summed E-state index contributed by atoms with van der Waals surface area (Å²) in [6.45, 7) is 5.29. The molecule has 0 aromatic rings. The molecule has 0 aliphatic heterocycles. The van der Waals surface area contributed by atoms with Crippen LogP contribution >= 0.6 is 11.8 Å². The van der Waals surface area contributed by atoms with Crippen molar-refractivity contribution in [1.29, 1.82) is 0 Å². The molecular formula is C10H17NO3S. The van der Waals surface area contributed by atoms with Crippen LogP contribution in [-0.4, -0.2) is 34.5 Å². The Morgan fingerprint density at radius 2 is 2.00 bits per heavy atom. The highest BCUT2D eigenvalue weighted by Crippen LogP contribution is 2.05. The van der Waals surface area contributed by atoms with Crippen LogP contribution in [0.5, 0.6) is 0 Å². The number of amides is 1. The molecule has 0 aliphatic carbocycles. The van der Waals surface area contributed by atoms with Crippen LogP contribution in [0.4, 0.5) is 0 Å². The highest BCUT2D eigenvalue weighted by atomic mass is 32.2. The van der Waals surface area contributed by atoms with Gasteiger partial charge in [0.15, 0.2) is 0 Å². The first kappa shape index (κ1) is 14.0. The quantitative estimate of drug-likeness (QED) is 0.534. The van der Waals surface area contributed by atoms with Crippen LogP contribution < -0.4 is 5.32 Å². The van der Waals surface area contributed by atoms with Gasteiger partial charge < -0.3 is 10.4 Å². The summed E-state index contributed by atoms with van der Waals surface area (Å²) in [4.78, 5) is 21.4. The summed E-state index contributed by atoms with van der Waals surface area (Å²) in [5.74, 6) is -0.148. The van der Waals surface area contributed by atoms with Gasteiger partial charge in [0.1, 0.15) is 6.04 Å². The van der Waals surface area contributed by atoms with Crippen molar-refractivity contribution in [2.45, 2.75) is 26.8 Å². The smallest absolute Gasteiger partial charge is 0.327 e. The number of carboxylic acid groups (broad SMARTS) is 1. The lowest BCUT2D eigenvalue weighted by atomic mass is 10.3. The standard InChI is InChI=1S/C10H17NO3S/c1-7(2)4-5-15-6-9(10(13)14)11-8(3)12/h4,9H,5-6H2,1-3H3,(H,11,12)(H,13,14)/t9-/m0/s1. The van der Waals surface area contributed by atoms with Crippen molar-refractivity contribution in [3.05, 3.63) is 11.6 Å². The van der Waals surface area contributed by atoms with Gasteiger partial charge in [-0.2, -0.15) is 11.8 Å². The summed E-state index contributed by atoms with van der Waals surface area (Å²) in [5, 5.41) is 11.2. The molecule has 1 atom stereocenters. The first-order chi connectivity index (χ1) is 6.93. The Morgan fingerprint density at radius 1 is 1.40 bits per heavy atom.